The molecule has 2 N–H and O–H groups in total. The molecule has 3 heteroatoms. The summed E-state index contributed by atoms with van der Waals surface area (Å²) in [5.41, 5.74) is 3.05. The van der Waals surface area contributed by atoms with Crippen LogP contribution in [0.3, 0.4) is 0 Å². The lowest BCUT2D eigenvalue weighted by Crippen LogP contribution is -2.19. The van der Waals surface area contributed by atoms with Crippen molar-refractivity contribution < 1.29 is 10.0 Å². The van der Waals surface area contributed by atoms with Crippen molar-refractivity contribution in [3.05, 3.63) is 11.3 Å². The van der Waals surface area contributed by atoms with Crippen molar-refractivity contribution in [2.24, 2.45) is 5.41 Å². The molecule has 0 atom stereocenters. The van der Waals surface area contributed by atoms with Gasteiger partial charge < -0.3 is 0 Å². The van der Waals surface area contributed by atoms with E-state index in [1.807, 2.05) is 27.7 Å². The first-order valence-electron chi connectivity index (χ1n) is 4.06. The lowest BCUT2D eigenvalue weighted by Gasteiger charge is -2.21. The number of nitrogens with one attached hydrogen (secondary N) is 1. The largest absolute Gasteiger partial charge is 0.298 e. The highest BCUT2D eigenvalue weighted by Crippen LogP contribution is 2.26. The van der Waals surface area contributed by atoms with Crippen molar-refractivity contribution >= 4 is 6.29 Å². The molecule has 0 fully saturated rings. The Morgan fingerprint density at radius 1 is 1.50 bits per heavy atom. The maximum atomic E-state index is 10.7. The van der Waals surface area contributed by atoms with Crippen LogP contribution < -0.4 is 5.48 Å². The summed E-state index contributed by atoms with van der Waals surface area (Å²) in [4.78, 5) is 10.7. The highest BCUT2D eigenvalue weighted by Gasteiger charge is 2.19. The SMILES string of the molecule is CCC(NO)=C(C=O)C(C)(C)C. The Morgan fingerprint density at radius 3 is 2.08 bits per heavy atom. The molecule has 0 aliphatic heterocycles. The maximum Gasteiger partial charge on any atom is 0.148 e. The average molecular weight is 171 g/mol. The minimum Gasteiger partial charge on any atom is -0.298 e. The van der Waals surface area contributed by atoms with Gasteiger partial charge in [0.15, 0.2) is 0 Å². The number of rotatable bonds is 3. The second-order valence-corrected chi connectivity index (χ2v) is 3.73. The molecule has 0 saturated heterocycles. The molecule has 0 aromatic heterocycles. The van der Waals surface area contributed by atoms with Crippen LogP contribution in [-0.4, -0.2) is 11.5 Å². The van der Waals surface area contributed by atoms with Crippen molar-refractivity contribution in [2.45, 2.75) is 34.1 Å². The van der Waals surface area contributed by atoms with Crippen molar-refractivity contribution in [1.82, 2.24) is 5.48 Å². The minimum absolute atomic E-state index is 0.219. The average Bonchev–Trinajstić information content (AvgIpc) is 1.97. The Balaban J connectivity index is 4.95. The summed E-state index contributed by atoms with van der Waals surface area (Å²) >= 11 is 0. The summed E-state index contributed by atoms with van der Waals surface area (Å²) in [7, 11) is 0. The van der Waals surface area contributed by atoms with Gasteiger partial charge in [-0.2, -0.15) is 0 Å². The predicted molar refractivity (Wildman–Crippen MR) is 47.8 cm³/mol. The van der Waals surface area contributed by atoms with E-state index in [9.17, 15) is 4.79 Å². The Bertz CT molecular complexity index is 183. The van der Waals surface area contributed by atoms with Gasteiger partial charge in [-0.05, 0) is 11.8 Å². The summed E-state index contributed by atoms with van der Waals surface area (Å²) in [5.74, 6) is 0. The normalized spacial score (nSPS) is 13.8. The molecule has 0 bridgehead atoms. The molecule has 0 aromatic rings. The smallest absolute Gasteiger partial charge is 0.148 e. The van der Waals surface area contributed by atoms with E-state index in [1.54, 1.807) is 0 Å². The van der Waals surface area contributed by atoms with Gasteiger partial charge in [0, 0.05) is 11.3 Å². The van der Waals surface area contributed by atoms with Crippen LogP contribution in [0, 0.1) is 5.41 Å². The van der Waals surface area contributed by atoms with Crippen LogP contribution in [0.2, 0.25) is 0 Å². The third-order valence-electron chi connectivity index (χ3n) is 1.74. The molecule has 0 aliphatic carbocycles. The molecule has 0 heterocycles. The number of hydrogen-bond acceptors (Lipinski definition) is 3. The van der Waals surface area contributed by atoms with Gasteiger partial charge in [-0.3, -0.25) is 15.5 Å². The first-order valence-corrected chi connectivity index (χ1v) is 4.06. The Hall–Kier alpha value is -0.830. The zero-order valence-corrected chi connectivity index (χ0v) is 8.14. The Labute approximate surface area is 73.4 Å². The maximum absolute atomic E-state index is 10.7. The molecule has 0 aromatic carbocycles. The van der Waals surface area contributed by atoms with Crippen molar-refractivity contribution in [3.63, 3.8) is 0 Å². The van der Waals surface area contributed by atoms with E-state index < -0.39 is 0 Å². The fourth-order valence-corrected chi connectivity index (χ4v) is 1.03. The van der Waals surface area contributed by atoms with Crippen LogP contribution >= 0.6 is 0 Å². The number of carbonyl (C=O) groups excluding carboxylic acids is 1. The van der Waals surface area contributed by atoms with Gasteiger partial charge >= 0.3 is 0 Å². The molecule has 0 rings (SSSR count). The molecule has 0 spiro atoms. The van der Waals surface area contributed by atoms with E-state index >= 15 is 0 Å². The number of hydroxylamine groups is 1. The molecule has 3 nitrogen and oxygen atoms in total. The molecule has 0 unspecified atom stereocenters. The summed E-state index contributed by atoms with van der Waals surface area (Å²) < 4.78 is 0. The monoisotopic (exact) mass is 171 g/mol. The molecule has 0 aliphatic rings. The highest BCUT2D eigenvalue weighted by atomic mass is 16.5. The summed E-state index contributed by atoms with van der Waals surface area (Å²) in [6, 6.07) is 0. The Morgan fingerprint density at radius 2 is 2.00 bits per heavy atom. The zero-order valence-electron chi connectivity index (χ0n) is 8.14. The van der Waals surface area contributed by atoms with E-state index in [2.05, 4.69) is 5.48 Å². The Kier molecular flexibility index (Phi) is 3.96. The van der Waals surface area contributed by atoms with Gasteiger partial charge in [-0.1, -0.05) is 27.7 Å². The second kappa shape index (κ2) is 4.26. The zero-order chi connectivity index (χ0) is 9.78. The molecular weight excluding hydrogens is 154 g/mol. The number of aldehydes is 1. The van der Waals surface area contributed by atoms with Crippen LogP contribution in [-0.2, 0) is 4.79 Å². The lowest BCUT2D eigenvalue weighted by atomic mass is 9.85. The van der Waals surface area contributed by atoms with E-state index in [0.717, 1.165) is 6.29 Å². The molecule has 70 valence electrons. The third-order valence-corrected chi connectivity index (χ3v) is 1.74. The van der Waals surface area contributed by atoms with Gasteiger partial charge in [-0.25, -0.2) is 0 Å². The van der Waals surface area contributed by atoms with Gasteiger partial charge in [0.1, 0.15) is 6.29 Å². The first kappa shape index (κ1) is 11.2. The second-order valence-electron chi connectivity index (χ2n) is 3.73. The van der Waals surface area contributed by atoms with Crippen molar-refractivity contribution in [3.8, 4) is 0 Å². The van der Waals surface area contributed by atoms with Crippen LogP contribution in [0.1, 0.15) is 34.1 Å². The van der Waals surface area contributed by atoms with Gasteiger partial charge in [0.2, 0.25) is 0 Å². The topological polar surface area (TPSA) is 49.3 Å². The van der Waals surface area contributed by atoms with Crippen molar-refractivity contribution in [2.75, 3.05) is 0 Å². The quantitative estimate of drug-likeness (QED) is 0.387. The van der Waals surface area contributed by atoms with Gasteiger partial charge in [-0.15, -0.1) is 0 Å². The summed E-state index contributed by atoms with van der Waals surface area (Å²) in [6.45, 7) is 7.69. The molecule has 0 amide bonds. The fourth-order valence-electron chi connectivity index (χ4n) is 1.03. The molecular formula is C9H17NO2. The molecule has 0 radical (unpaired) electrons. The van der Waals surface area contributed by atoms with Crippen LogP contribution in [0.5, 0.6) is 0 Å². The first-order chi connectivity index (χ1) is 5.47. The van der Waals surface area contributed by atoms with E-state index in [0.29, 0.717) is 17.7 Å². The number of carbonyl (C=O) groups is 1. The minimum atomic E-state index is -0.219. The third kappa shape index (κ3) is 2.66. The van der Waals surface area contributed by atoms with E-state index in [1.165, 1.54) is 0 Å². The highest BCUT2D eigenvalue weighted by molar-refractivity contribution is 5.76. The van der Waals surface area contributed by atoms with Crippen LogP contribution in [0.25, 0.3) is 0 Å². The van der Waals surface area contributed by atoms with E-state index in [-0.39, 0.29) is 5.41 Å². The number of hydrogen-bond donors (Lipinski definition) is 2. The molecule has 0 saturated carbocycles. The standard InChI is InChI=1S/C9H17NO2/c1-5-8(10-12)7(6-11)9(2,3)4/h6,10,12H,5H2,1-4H3. The van der Waals surface area contributed by atoms with Crippen molar-refractivity contribution in [1.29, 1.82) is 0 Å². The van der Waals surface area contributed by atoms with E-state index in [4.69, 9.17) is 5.21 Å². The van der Waals surface area contributed by atoms with Gasteiger partial charge in [0.05, 0.1) is 0 Å². The van der Waals surface area contributed by atoms with Crippen LogP contribution in [0.4, 0.5) is 0 Å². The number of allylic oxidation sites excluding steroid dienone is 2. The van der Waals surface area contributed by atoms with Gasteiger partial charge in [0.25, 0.3) is 0 Å². The van der Waals surface area contributed by atoms with Crippen LogP contribution in [0.15, 0.2) is 11.3 Å². The summed E-state index contributed by atoms with van der Waals surface area (Å²) in [6.07, 6.45) is 1.42. The fraction of sp³-hybridized carbons (Fsp3) is 0.667. The molecule has 12 heavy (non-hydrogen) atoms. The predicted octanol–water partition coefficient (Wildman–Crippen LogP) is 1.87. The summed E-state index contributed by atoms with van der Waals surface area (Å²) in [5, 5.41) is 8.72. The lowest BCUT2D eigenvalue weighted by molar-refractivity contribution is -0.105.